The number of phenols is 2. The van der Waals surface area contributed by atoms with Gasteiger partial charge in [0.25, 0.3) is 35.9 Å². The second kappa shape index (κ2) is 18.6. The van der Waals surface area contributed by atoms with E-state index in [2.05, 4.69) is 30.7 Å². The maximum atomic E-state index is 12.5. The van der Waals surface area contributed by atoms with Crippen LogP contribution in [-0.2, 0) is 36.9 Å². The van der Waals surface area contributed by atoms with Gasteiger partial charge in [0.2, 0.25) is 5.88 Å². The number of aromatic nitrogens is 1. The van der Waals surface area contributed by atoms with E-state index in [-0.39, 0.29) is 51.9 Å². The van der Waals surface area contributed by atoms with E-state index in [1.54, 1.807) is 6.07 Å². The molecule has 0 aliphatic carbocycles. The van der Waals surface area contributed by atoms with Gasteiger partial charge in [-0.25, -0.2) is 0 Å². The maximum absolute atomic E-state index is 12.5. The number of phenolic OH excluding ortho intramolecular Hbond substituents is 2. The quantitative estimate of drug-likeness (QED) is 0.0474. The van der Waals surface area contributed by atoms with Crippen molar-refractivity contribution in [2.45, 2.75) is 35.1 Å². The Labute approximate surface area is 355 Å². The summed E-state index contributed by atoms with van der Waals surface area (Å²) in [5, 5.41) is 82.9. The molecule has 8 N–H and O–H groups in total. The molecule has 4 aromatic carbocycles. The smallest absolute Gasteiger partial charge is 0.296 e. The lowest BCUT2D eigenvalue weighted by Gasteiger charge is -2.13. The highest BCUT2D eigenvalue weighted by atomic mass is 32.2. The SMILES string of the molecule is CCn1c(O)c(N=Nc2ccc(N=Nc3cc(OCCO)c(N=Nc4c(S(=O)(=O)O)cc5cc(S(=O)(=O)O)cc(O)c5c4O)cc3OCCO)c(S(=O)(=O)O)c2)c(C)c(C#N)c1=O. The van der Waals surface area contributed by atoms with Gasteiger partial charge in [-0.3, -0.25) is 23.0 Å². The Morgan fingerprint density at radius 3 is 1.78 bits per heavy atom. The number of aromatic hydroxyl groups is 3. The summed E-state index contributed by atoms with van der Waals surface area (Å²) in [6.45, 7) is 0.857. The van der Waals surface area contributed by atoms with E-state index in [1.165, 1.54) is 19.9 Å². The molecule has 332 valence electrons. The van der Waals surface area contributed by atoms with E-state index in [0.29, 0.717) is 18.2 Å². The monoisotopic (exact) mass is 932 g/mol. The number of azo groups is 3. The molecule has 0 amide bonds. The lowest BCUT2D eigenvalue weighted by molar-refractivity contribution is 0.198. The number of aliphatic hydroxyl groups is 2. The summed E-state index contributed by atoms with van der Waals surface area (Å²) in [6.07, 6.45) is 0. The van der Waals surface area contributed by atoms with Gasteiger partial charge in [-0.1, -0.05) is 0 Å². The van der Waals surface area contributed by atoms with Crippen LogP contribution in [0, 0.1) is 18.3 Å². The van der Waals surface area contributed by atoms with E-state index in [9.17, 15) is 74.5 Å². The average Bonchev–Trinajstić information content (AvgIpc) is 3.20. The highest BCUT2D eigenvalue weighted by molar-refractivity contribution is 7.86. The van der Waals surface area contributed by atoms with Crippen LogP contribution in [-0.4, -0.2) is 95.4 Å². The molecule has 1 heterocycles. The Hall–Kier alpha value is -6.97. The second-order valence-electron chi connectivity index (χ2n) is 12.6. The van der Waals surface area contributed by atoms with E-state index < -0.39 is 117 Å². The molecule has 0 saturated carbocycles. The maximum Gasteiger partial charge on any atom is 0.296 e. The summed E-state index contributed by atoms with van der Waals surface area (Å²) in [6, 6.07) is 8.74. The highest BCUT2D eigenvalue weighted by Gasteiger charge is 2.26. The minimum absolute atomic E-state index is 0.0166. The Morgan fingerprint density at radius 1 is 0.698 bits per heavy atom. The summed E-state index contributed by atoms with van der Waals surface area (Å²) >= 11 is 0. The number of nitrogens with zero attached hydrogens (tertiary/aromatic N) is 8. The Bertz CT molecular complexity index is 3200. The molecule has 0 fully saturated rings. The van der Waals surface area contributed by atoms with Crippen LogP contribution in [0.2, 0.25) is 0 Å². The minimum Gasteiger partial charge on any atom is -0.507 e. The van der Waals surface area contributed by atoms with Crippen LogP contribution in [0.3, 0.4) is 0 Å². The van der Waals surface area contributed by atoms with Gasteiger partial charge in [-0.05, 0) is 49.6 Å². The van der Waals surface area contributed by atoms with E-state index >= 15 is 0 Å². The van der Waals surface area contributed by atoms with Crippen molar-refractivity contribution in [1.82, 2.24) is 4.57 Å². The number of aliphatic hydroxyl groups excluding tert-OH is 2. The number of hydrogen-bond donors (Lipinski definition) is 8. The highest BCUT2D eigenvalue weighted by Crippen LogP contribution is 2.47. The number of nitriles is 1. The summed E-state index contributed by atoms with van der Waals surface area (Å²) in [7, 11) is -15.3. The van der Waals surface area contributed by atoms with Crippen molar-refractivity contribution in [3.8, 4) is 34.9 Å². The van der Waals surface area contributed by atoms with Crippen LogP contribution in [0.4, 0.5) is 34.1 Å². The molecule has 0 radical (unpaired) electrons. The van der Waals surface area contributed by atoms with Gasteiger partial charge in [0.1, 0.15) is 74.6 Å². The molecule has 63 heavy (non-hydrogen) atoms. The van der Waals surface area contributed by atoms with Gasteiger partial charge in [0, 0.05) is 30.3 Å². The zero-order chi connectivity index (χ0) is 46.6. The van der Waals surface area contributed by atoms with Crippen LogP contribution in [0.25, 0.3) is 10.8 Å². The predicted octanol–water partition coefficient (Wildman–Crippen LogP) is 5.05. The number of benzene rings is 4. The molecular weight excluding hydrogens is 901 g/mol. The van der Waals surface area contributed by atoms with Crippen molar-refractivity contribution < 1.29 is 73.9 Å². The van der Waals surface area contributed by atoms with Crippen LogP contribution < -0.4 is 15.0 Å². The van der Waals surface area contributed by atoms with E-state index in [1.807, 2.05) is 0 Å². The molecule has 25 nitrogen and oxygen atoms in total. The molecular formula is C35H32N8O17S3. The number of pyridine rings is 1. The molecule has 0 spiro atoms. The molecule has 5 aromatic rings. The zero-order valence-electron chi connectivity index (χ0n) is 32.2. The van der Waals surface area contributed by atoms with Crippen molar-refractivity contribution in [3.63, 3.8) is 0 Å². The van der Waals surface area contributed by atoms with Gasteiger partial charge < -0.3 is 35.0 Å². The second-order valence-corrected chi connectivity index (χ2v) is 16.8. The zero-order valence-corrected chi connectivity index (χ0v) is 34.7. The average molecular weight is 933 g/mol. The molecule has 0 aliphatic rings. The molecule has 0 atom stereocenters. The molecule has 0 aliphatic heterocycles. The Kier molecular flexibility index (Phi) is 13.9. The van der Waals surface area contributed by atoms with Gasteiger partial charge in [-0.15, -0.1) is 25.6 Å². The third kappa shape index (κ3) is 10.2. The van der Waals surface area contributed by atoms with Gasteiger partial charge in [0.15, 0.2) is 11.4 Å². The van der Waals surface area contributed by atoms with Crippen LogP contribution in [0.1, 0.15) is 18.1 Å². The molecule has 28 heteroatoms. The first-order chi connectivity index (χ1) is 29.5. The topological polar surface area (TPSA) is 403 Å². The Balaban J connectivity index is 1.62. The Morgan fingerprint density at radius 2 is 1.25 bits per heavy atom. The molecule has 0 unspecified atom stereocenters. The lowest BCUT2D eigenvalue weighted by Crippen LogP contribution is -2.23. The lowest BCUT2D eigenvalue weighted by atomic mass is 10.1. The third-order valence-electron chi connectivity index (χ3n) is 8.51. The van der Waals surface area contributed by atoms with Crippen LogP contribution >= 0.6 is 0 Å². The molecule has 5 rings (SSSR count). The molecule has 0 saturated heterocycles. The fourth-order valence-electron chi connectivity index (χ4n) is 5.64. The van der Waals surface area contributed by atoms with Crippen LogP contribution in [0.5, 0.6) is 28.9 Å². The van der Waals surface area contributed by atoms with E-state index in [4.69, 9.17) is 9.47 Å². The minimum atomic E-state index is -5.30. The number of hydrogen-bond acceptors (Lipinski definition) is 21. The van der Waals surface area contributed by atoms with E-state index in [0.717, 1.165) is 28.8 Å². The molecule has 0 bridgehead atoms. The van der Waals surface area contributed by atoms with Gasteiger partial charge >= 0.3 is 0 Å². The largest absolute Gasteiger partial charge is 0.507 e. The van der Waals surface area contributed by atoms with Crippen molar-refractivity contribution in [3.05, 3.63) is 70.0 Å². The summed E-state index contributed by atoms with van der Waals surface area (Å²) in [5.41, 5.74) is -3.73. The van der Waals surface area contributed by atoms with Crippen molar-refractivity contribution in [2.75, 3.05) is 26.4 Å². The normalized spacial score (nSPS) is 12.5. The fourth-order valence-corrected chi connectivity index (χ4v) is 7.48. The summed E-state index contributed by atoms with van der Waals surface area (Å²) < 4.78 is 115. The third-order valence-corrected chi connectivity index (χ3v) is 11.1. The first-order valence-corrected chi connectivity index (χ1v) is 21.7. The van der Waals surface area contributed by atoms with Crippen LogP contribution in [0.15, 0.2) is 98.7 Å². The number of rotatable bonds is 16. The van der Waals surface area contributed by atoms with Crippen molar-refractivity contribution >= 4 is 75.3 Å². The number of fused-ring (bicyclic) bond motifs is 1. The van der Waals surface area contributed by atoms with Crippen molar-refractivity contribution in [2.24, 2.45) is 30.7 Å². The molecule has 1 aromatic heterocycles. The fraction of sp³-hybridized carbons (Fsp3) is 0.200. The predicted molar refractivity (Wildman–Crippen MR) is 215 cm³/mol. The summed E-state index contributed by atoms with van der Waals surface area (Å²) in [5.74, 6) is -3.31. The standard InChI is InChI=1S/C35H32N8O17S3/c1-3-43-34(48)21(16-36)17(2)31(35(43)49)41-37-19-4-5-22(28(12-19)62(53,54)55)38-39-23-14-27(60-9-7-45)24(15-26(23)59-8-6-44)40-42-32-29(63(56,57)58)11-18-10-20(61(50,51)52)13-25(46)30(18)33(32)47/h4-5,10-15,44-47,49H,3,6-9H2,1-2H3,(H,50,51,52)(H,53,54,55)(H,56,57,58). The first kappa shape index (κ1) is 47.1. The van der Waals surface area contributed by atoms with Gasteiger partial charge in [0.05, 0.1) is 29.2 Å². The van der Waals surface area contributed by atoms with Gasteiger partial charge in [-0.2, -0.15) is 35.6 Å². The number of ether oxygens (including phenoxy) is 2. The summed E-state index contributed by atoms with van der Waals surface area (Å²) in [4.78, 5) is 9.62. The first-order valence-electron chi connectivity index (χ1n) is 17.4. The van der Waals surface area contributed by atoms with Crippen molar-refractivity contribution in [1.29, 1.82) is 5.26 Å².